The molecule has 0 aliphatic heterocycles. The summed E-state index contributed by atoms with van der Waals surface area (Å²) in [5, 5.41) is 11.4. The number of nitro benzene ring substituents is 1. The van der Waals surface area contributed by atoms with Crippen LogP contribution >= 0.6 is 11.6 Å². The van der Waals surface area contributed by atoms with Crippen LogP contribution in [0.15, 0.2) is 60.7 Å². The lowest BCUT2D eigenvalue weighted by Gasteiger charge is -2.49. The Morgan fingerprint density at radius 3 is 2.44 bits per heavy atom. The molecule has 2 aliphatic rings. The van der Waals surface area contributed by atoms with Crippen molar-refractivity contribution in [1.29, 1.82) is 0 Å². The van der Waals surface area contributed by atoms with Gasteiger partial charge in [-0.15, -0.1) is 0 Å². The van der Waals surface area contributed by atoms with E-state index >= 15 is 0 Å². The number of ether oxygens (including phenoxy) is 1. The molecule has 2 aromatic rings. The SMILES string of the molecule is O=C(O[C@]1(c2ccc([N+](=O)[O-])cc2)C(=O)[C@H]2CC=C[C@H]21)c1ccc(Cl)cc1. The molecule has 6 nitrogen and oxygen atoms in total. The molecule has 0 saturated heterocycles. The second-order valence-corrected chi connectivity index (χ2v) is 7.03. The van der Waals surface area contributed by atoms with Crippen LogP contribution < -0.4 is 0 Å². The van der Waals surface area contributed by atoms with Crippen LogP contribution in [0.4, 0.5) is 5.69 Å². The molecule has 0 radical (unpaired) electrons. The van der Waals surface area contributed by atoms with Gasteiger partial charge in [0.2, 0.25) is 5.60 Å². The average molecular weight is 384 g/mol. The van der Waals surface area contributed by atoms with Gasteiger partial charge in [-0.25, -0.2) is 4.79 Å². The maximum atomic E-state index is 12.9. The van der Waals surface area contributed by atoms with Crippen LogP contribution in [0.2, 0.25) is 5.02 Å². The van der Waals surface area contributed by atoms with Crippen molar-refractivity contribution in [2.45, 2.75) is 12.0 Å². The van der Waals surface area contributed by atoms with E-state index in [-0.39, 0.29) is 28.9 Å². The Morgan fingerprint density at radius 2 is 1.81 bits per heavy atom. The first-order valence-corrected chi connectivity index (χ1v) is 8.76. The molecule has 0 N–H and O–H groups in total. The number of rotatable bonds is 4. The van der Waals surface area contributed by atoms with E-state index in [9.17, 15) is 19.7 Å². The lowest BCUT2D eigenvalue weighted by atomic mass is 9.58. The van der Waals surface area contributed by atoms with E-state index in [1.54, 1.807) is 12.1 Å². The molecule has 0 aromatic heterocycles. The second-order valence-electron chi connectivity index (χ2n) is 6.60. The van der Waals surface area contributed by atoms with Gasteiger partial charge in [-0.2, -0.15) is 0 Å². The molecular formula is C20H14ClNO5. The van der Waals surface area contributed by atoms with Crippen LogP contribution in [0.1, 0.15) is 22.3 Å². The number of nitrogens with zero attached hydrogens (tertiary/aromatic N) is 1. The highest BCUT2D eigenvalue weighted by Crippen LogP contribution is 2.55. The van der Waals surface area contributed by atoms with Crippen LogP contribution in [-0.2, 0) is 15.1 Å². The number of hydrogen-bond donors (Lipinski definition) is 0. The number of Topliss-reactive ketones (excluding diaryl/α,β-unsaturated/α-hetero) is 1. The average Bonchev–Trinajstić information content (AvgIpc) is 3.12. The van der Waals surface area contributed by atoms with E-state index in [1.165, 1.54) is 36.4 Å². The fourth-order valence-corrected chi connectivity index (χ4v) is 3.94. The number of benzene rings is 2. The lowest BCUT2D eigenvalue weighted by Crippen LogP contribution is -2.61. The van der Waals surface area contributed by atoms with Gasteiger partial charge in [0.15, 0.2) is 5.78 Å². The van der Waals surface area contributed by atoms with Crippen molar-refractivity contribution < 1.29 is 19.2 Å². The molecule has 2 aliphatic carbocycles. The van der Waals surface area contributed by atoms with E-state index < -0.39 is 16.5 Å². The van der Waals surface area contributed by atoms with Gasteiger partial charge < -0.3 is 4.74 Å². The molecule has 0 spiro atoms. The van der Waals surface area contributed by atoms with E-state index in [0.29, 0.717) is 17.0 Å². The third kappa shape index (κ3) is 2.64. The van der Waals surface area contributed by atoms with Gasteiger partial charge in [-0.3, -0.25) is 14.9 Å². The summed E-state index contributed by atoms with van der Waals surface area (Å²) in [6.45, 7) is 0. The first-order chi connectivity index (χ1) is 12.9. The Kier molecular flexibility index (Phi) is 4.08. The lowest BCUT2D eigenvalue weighted by molar-refractivity contribution is -0.384. The Bertz CT molecular complexity index is 967. The van der Waals surface area contributed by atoms with E-state index in [2.05, 4.69) is 0 Å². The Balaban J connectivity index is 1.72. The monoisotopic (exact) mass is 383 g/mol. The molecule has 4 rings (SSSR count). The third-order valence-electron chi connectivity index (χ3n) is 5.18. The maximum Gasteiger partial charge on any atom is 0.339 e. The van der Waals surface area contributed by atoms with Crippen molar-refractivity contribution in [3.63, 3.8) is 0 Å². The quantitative estimate of drug-likeness (QED) is 0.343. The molecule has 0 unspecified atom stereocenters. The van der Waals surface area contributed by atoms with Crippen molar-refractivity contribution in [2.24, 2.45) is 11.8 Å². The highest BCUT2D eigenvalue weighted by Gasteiger charge is 2.65. The number of carbonyl (C=O) groups is 2. The summed E-state index contributed by atoms with van der Waals surface area (Å²) in [5.74, 6) is -1.33. The zero-order valence-electron chi connectivity index (χ0n) is 14.0. The van der Waals surface area contributed by atoms with Crippen molar-refractivity contribution in [1.82, 2.24) is 0 Å². The van der Waals surface area contributed by atoms with Crippen LogP contribution in [0.3, 0.4) is 0 Å². The zero-order valence-corrected chi connectivity index (χ0v) is 14.8. The summed E-state index contributed by atoms with van der Waals surface area (Å²) in [6.07, 6.45) is 4.38. The van der Waals surface area contributed by atoms with Crippen molar-refractivity contribution >= 4 is 29.0 Å². The van der Waals surface area contributed by atoms with Crippen molar-refractivity contribution in [3.8, 4) is 0 Å². The maximum absolute atomic E-state index is 12.9. The summed E-state index contributed by atoms with van der Waals surface area (Å²) in [6, 6.07) is 11.8. The minimum absolute atomic E-state index is 0.0942. The van der Waals surface area contributed by atoms with Crippen LogP contribution in [0.5, 0.6) is 0 Å². The third-order valence-corrected chi connectivity index (χ3v) is 5.43. The Hall–Kier alpha value is -2.99. The molecule has 1 fully saturated rings. The standard InChI is InChI=1S/C20H14ClNO5/c21-14-8-4-12(5-9-14)19(24)27-20(17-3-1-2-16(17)18(20)23)13-6-10-15(11-7-13)22(25)26/h1,3-11,16-17H,2H2/t16-,17+,20-/m0/s1. The van der Waals surface area contributed by atoms with Crippen LogP contribution in [0, 0.1) is 22.0 Å². The van der Waals surface area contributed by atoms with Gasteiger partial charge in [0.1, 0.15) is 0 Å². The van der Waals surface area contributed by atoms with Crippen molar-refractivity contribution in [3.05, 3.63) is 86.9 Å². The number of esters is 1. The summed E-state index contributed by atoms with van der Waals surface area (Å²) < 4.78 is 5.76. The van der Waals surface area contributed by atoms with Crippen LogP contribution in [-0.4, -0.2) is 16.7 Å². The largest absolute Gasteiger partial charge is 0.442 e. The minimum Gasteiger partial charge on any atom is -0.442 e. The summed E-state index contributed by atoms with van der Waals surface area (Å²) in [4.78, 5) is 36.0. The summed E-state index contributed by atoms with van der Waals surface area (Å²) >= 11 is 5.85. The molecular weight excluding hydrogens is 370 g/mol. The van der Waals surface area contributed by atoms with Gasteiger partial charge in [-0.05, 0) is 42.8 Å². The molecule has 27 heavy (non-hydrogen) atoms. The molecule has 2 aromatic carbocycles. The normalized spacial score (nSPS) is 25.6. The predicted molar refractivity (Wildman–Crippen MR) is 97.4 cm³/mol. The highest BCUT2D eigenvalue weighted by atomic mass is 35.5. The number of halogens is 1. The van der Waals surface area contributed by atoms with E-state index in [0.717, 1.165) is 0 Å². The fraction of sp³-hybridized carbons (Fsp3) is 0.200. The molecule has 1 saturated carbocycles. The zero-order chi connectivity index (χ0) is 19.2. The van der Waals surface area contributed by atoms with E-state index in [1.807, 2.05) is 12.2 Å². The topological polar surface area (TPSA) is 86.5 Å². The van der Waals surface area contributed by atoms with Gasteiger partial charge in [0, 0.05) is 34.6 Å². The molecule has 7 heteroatoms. The highest BCUT2D eigenvalue weighted by molar-refractivity contribution is 6.30. The number of fused-ring (bicyclic) bond motifs is 1. The van der Waals surface area contributed by atoms with Gasteiger partial charge in [-0.1, -0.05) is 23.8 Å². The summed E-state index contributed by atoms with van der Waals surface area (Å²) in [5.41, 5.74) is -0.834. The molecule has 0 heterocycles. The molecule has 3 atom stereocenters. The Labute approximate surface area is 159 Å². The first-order valence-electron chi connectivity index (χ1n) is 8.38. The summed E-state index contributed by atoms with van der Waals surface area (Å²) in [7, 11) is 0. The smallest absolute Gasteiger partial charge is 0.339 e. The molecule has 136 valence electrons. The van der Waals surface area contributed by atoms with Gasteiger partial charge in [0.05, 0.1) is 10.5 Å². The van der Waals surface area contributed by atoms with E-state index in [4.69, 9.17) is 16.3 Å². The second kappa shape index (κ2) is 6.32. The molecule has 0 bridgehead atoms. The predicted octanol–water partition coefficient (Wildman–Crippen LogP) is 4.08. The Morgan fingerprint density at radius 1 is 1.15 bits per heavy atom. The number of ketones is 1. The number of carbonyl (C=O) groups excluding carboxylic acids is 2. The minimum atomic E-state index is -1.45. The fourth-order valence-electron chi connectivity index (χ4n) is 3.82. The van der Waals surface area contributed by atoms with Crippen LogP contribution in [0.25, 0.3) is 0 Å². The van der Waals surface area contributed by atoms with Gasteiger partial charge in [0.25, 0.3) is 5.69 Å². The number of allylic oxidation sites excluding steroid dienone is 1. The first kappa shape index (κ1) is 17.4. The number of non-ortho nitro benzene ring substituents is 1. The van der Waals surface area contributed by atoms with Crippen molar-refractivity contribution in [2.75, 3.05) is 0 Å². The number of hydrogen-bond acceptors (Lipinski definition) is 5. The molecule has 0 amide bonds. The van der Waals surface area contributed by atoms with Gasteiger partial charge >= 0.3 is 5.97 Å². The number of nitro groups is 1.